The van der Waals surface area contributed by atoms with Crippen molar-refractivity contribution in [2.75, 3.05) is 7.11 Å². The average molecular weight is 539 g/mol. The van der Waals surface area contributed by atoms with Crippen molar-refractivity contribution in [3.63, 3.8) is 0 Å². The second kappa shape index (κ2) is 14.3. The van der Waals surface area contributed by atoms with Crippen molar-refractivity contribution in [1.82, 2.24) is 9.79 Å². The van der Waals surface area contributed by atoms with Crippen molar-refractivity contribution in [2.24, 2.45) is 5.92 Å². The van der Waals surface area contributed by atoms with Gasteiger partial charge in [-0.15, -0.1) is 0 Å². The van der Waals surface area contributed by atoms with E-state index >= 15 is 0 Å². The predicted octanol–water partition coefficient (Wildman–Crippen LogP) is 4.86. The van der Waals surface area contributed by atoms with Crippen LogP contribution in [0, 0.1) is 5.92 Å². The fourth-order valence-corrected chi connectivity index (χ4v) is 4.90. The van der Waals surface area contributed by atoms with E-state index in [1.165, 1.54) is 31.4 Å². The van der Waals surface area contributed by atoms with Gasteiger partial charge in [0.2, 0.25) is 5.91 Å². The van der Waals surface area contributed by atoms with Crippen molar-refractivity contribution in [3.05, 3.63) is 96.1 Å². The van der Waals surface area contributed by atoms with E-state index in [2.05, 4.69) is 5.32 Å². The summed E-state index contributed by atoms with van der Waals surface area (Å²) in [6.07, 6.45) is 2.04. The Morgan fingerprint density at radius 1 is 0.868 bits per heavy atom. The Morgan fingerprint density at radius 2 is 1.47 bits per heavy atom. The molecule has 0 fully saturated rings. The SMILES string of the molecule is COc1ccc(S(=O)(=O)N(Cc2ccccc2)OC(=O)[C@H](C)CCCCC(=O)NCc2ccccc2)cc1. The largest absolute Gasteiger partial charge is 0.497 e. The van der Waals surface area contributed by atoms with Crippen molar-refractivity contribution >= 4 is 21.9 Å². The molecule has 1 amide bonds. The molecule has 0 aliphatic carbocycles. The van der Waals surface area contributed by atoms with E-state index < -0.39 is 21.9 Å². The van der Waals surface area contributed by atoms with Crippen LogP contribution in [0.2, 0.25) is 0 Å². The Bertz CT molecular complexity index is 1270. The number of hydrogen-bond acceptors (Lipinski definition) is 6. The minimum absolute atomic E-state index is 0.0174. The van der Waals surface area contributed by atoms with Gasteiger partial charge >= 0.3 is 5.97 Å². The lowest BCUT2D eigenvalue weighted by Gasteiger charge is -2.23. The molecule has 0 heterocycles. The maximum Gasteiger partial charge on any atom is 0.329 e. The van der Waals surface area contributed by atoms with Gasteiger partial charge in [0, 0.05) is 13.0 Å². The summed E-state index contributed by atoms with van der Waals surface area (Å²) in [5, 5.41) is 2.89. The minimum Gasteiger partial charge on any atom is -0.497 e. The minimum atomic E-state index is -4.14. The highest BCUT2D eigenvalue weighted by atomic mass is 32.2. The average Bonchev–Trinajstić information content (AvgIpc) is 2.94. The molecule has 3 aromatic carbocycles. The highest BCUT2D eigenvalue weighted by Gasteiger charge is 2.30. The molecule has 0 aliphatic heterocycles. The highest BCUT2D eigenvalue weighted by Crippen LogP contribution is 2.23. The number of nitrogens with one attached hydrogen (secondary N) is 1. The van der Waals surface area contributed by atoms with Crippen molar-refractivity contribution < 1.29 is 27.6 Å². The maximum atomic E-state index is 13.4. The summed E-state index contributed by atoms with van der Waals surface area (Å²) in [6, 6.07) is 24.5. The number of ether oxygens (including phenoxy) is 1. The molecule has 3 aromatic rings. The molecule has 202 valence electrons. The summed E-state index contributed by atoms with van der Waals surface area (Å²) in [7, 11) is -2.65. The number of benzene rings is 3. The molecule has 0 radical (unpaired) electrons. The van der Waals surface area contributed by atoms with Crippen LogP contribution < -0.4 is 10.1 Å². The summed E-state index contributed by atoms with van der Waals surface area (Å²) in [4.78, 5) is 30.4. The van der Waals surface area contributed by atoms with Crippen LogP contribution in [-0.2, 0) is 37.5 Å². The molecule has 0 bridgehead atoms. The smallest absolute Gasteiger partial charge is 0.329 e. The summed E-state index contributed by atoms with van der Waals surface area (Å²) < 4.78 is 32.6. The molecular weight excluding hydrogens is 504 g/mol. The summed E-state index contributed by atoms with van der Waals surface area (Å²) in [5.41, 5.74) is 1.70. The number of methoxy groups -OCH3 is 1. The maximum absolute atomic E-state index is 13.4. The zero-order valence-electron chi connectivity index (χ0n) is 21.7. The van der Waals surface area contributed by atoms with Crippen molar-refractivity contribution in [1.29, 1.82) is 0 Å². The summed E-state index contributed by atoms with van der Waals surface area (Å²) >= 11 is 0. The molecule has 38 heavy (non-hydrogen) atoms. The third kappa shape index (κ3) is 8.71. The Hall–Kier alpha value is -3.69. The van der Waals surface area contributed by atoms with Gasteiger partial charge in [0.15, 0.2) is 0 Å². The number of unbranched alkanes of at least 4 members (excludes halogenated alkanes) is 1. The highest BCUT2D eigenvalue weighted by molar-refractivity contribution is 7.89. The van der Waals surface area contributed by atoms with Gasteiger partial charge in [-0.2, -0.15) is 0 Å². The van der Waals surface area contributed by atoms with E-state index in [0.717, 1.165) is 10.0 Å². The number of hydrogen-bond donors (Lipinski definition) is 1. The van der Waals surface area contributed by atoms with Gasteiger partial charge in [0.1, 0.15) is 5.75 Å². The number of carbonyl (C=O) groups is 2. The Kier molecular flexibility index (Phi) is 10.9. The molecule has 0 saturated carbocycles. The molecule has 0 unspecified atom stereocenters. The van der Waals surface area contributed by atoms with Crippen LogP contribution in [0.5, 0.6) is 5.75 Å². The molecule has 0 aromatic heterocycles. The zero-order valence-corrected chi connectivity index (χ0v) is 22.5. The van der Waals surface area contributed by atoms with Gasteiger partial charge in [-0.05, 0) is 52.7 Å². The second-order valence-electron chi connectivity index (χ2n) is 8.95. The van der Waals surface area contributed by atoms with E-state index in [-0.39, 0.29) is 17.3 Å². The van der Waals surface area contributed by atoms with E-state index in [9.17, 15) is 18.0 Å². The third-order valence-corrected chi connectivity index (χ3v) is 7.61. The molecule has 1 atom stereocenters. The molecule has 0 saturated heterocycles. The molecule has 8 nitrogen and oxygen atoms in total. The topological polar surface area (TPSA) is 102 Å². The number of carbonyl (C=O) groups excluding carboxylic acids is 2. The quantitative estimate of drug-likeness (QED) is 0.232. The first kappa shape index (κ1) is 28.9. The van der Waals surface area contributed by atoms with E-state index in [0.29, 0.717) is 43.5 Å². The second-order valence-corrected chi connectivity index (χ2v) is 10.8. The van der Waals surface area contributed by atoms with Crippen LogP contribution in [0.25, 0.3) is 0 Å². The Balaban J connectivity index is 1.55. The molecular formula is C29H34N2O6S. The van der Waals surface area contributed by atoms with Crippen LogP contribution in [0.15, 0.2) is 89.8 Å². The fourth-order valence-electron chi connectivity index (χ4n) is 3.69. The first-order chi connectivity index (χ1) is 18.3. The summed E-state index contributed by atoms with van der Waals surface area (Å²) in [6.45, 7) is 2.04. The fraction of sp³-hybridized carbons (Fsp3) is 0.310. The first-order valence-corrected chi connectivity index (χ1v) is 14.0. The monoisotopic (exact) mass is 538 g/mol. The number of amides is 1. The number of nitrogens with zero attached hydrogens (tertiary/aromatic N) is 1. The lowest BCUT2D eigenvalue weighted by molar-refractivity contribution is -0.176. The van der Waals surface area contributed by atoms with Gasteiger partial charge in [0.25, 0.3) is 10.0 Å². The zero-order chi connectivity index (χ0) is 27.4. The lowest BCUT2D eigenvalue weighted by atomic mass is 10.0. The van der Waals surface area contributed by atoms with E-state index in [1.807, 2.05) is 36.4 Å². The molecule has 9 heteroatoms. The first-order valence-electron chi connectivity index (χ1n) is 12.5. The number of hydroxylamine groups is 1. The standard InChI is InChI=1S/C29H34N2O6S/c1-23(11-9-10-16-28(32)30-21-24-12-5-3-6-13-24)29(33)37-31(22-25-14-7-4-8-15-25)38(34,35)27-19-17-26(36-2)18-20-27/h3-8,12-15,17-20,23H,9-11,16,21-22H2,1-2H3,(H,30,32)/t23-/m1/s1. The van der Waals surface area contributed by atoms with Crippen LogP contribution >= 0.6 is 0 Å². The predicted molar refractivity (Wildman–Crippen MR) is 144 cm³/mol. The molecule has 1 N–H and O–H groups in total. The molecule has 3 rings (SSSR count). The Morgan fingerprint density at radius 3 is 2.08 bits per heavy atom. The van der Waals surface area contributed by atoms with E-state index in [1.54, 1.807) is 31.2 Å². The molecule has 0 aliphatic rings. The van der Waals surface area contributed by atoms with Gasteiger partial charge < -0.3 is 14.9 Å². The third-order valence-electron chi connectivity index (χ3n) is 6.00. The van der Waals surface area contributed by atoms with Gasteiger partial charge in [-0.25, -0.2) is 8.42 Å². The van der Waals surface area contributed by atoms with Gasteiger partial charge in [-0.3, -0.25) is 9.59 Å². The molecule has 0 spiro atoms. The van der Waals surface area contributed by atoms with Crippen LogP contribution in [-0.4, -0.2) is 31.9 Å². The normalized spacial score (nSPS) is 12.1. The van der Waals surface area contributed by atoms with Crippen LogP contribution in [0.1, 0.15) is 43.7 Å². The van der Waals surface area contributed by atoms with Crippen LogP contribution in [0.4, 0.5) is 0 Å². The van der Waals surface area contributed by atoms with Gasteiger partial charge in [-0.1, -0.05) is 74.0 Å². The van der Waals surface area contributed by atoms with E-state index in [4.69, 9.17) is 9.57 Å². The lowest BCUT2D eigenvalue weighted by Crippen LogP contribution is -2.35. The van der Waals surface area contributed by atoms with Crippen molar-refractivity contribution in [3.8, 4) is 5.75 Å². The van der Waals surface area contributed by atoms with Gasteiger partial charge in [0.05, 0.1) is 24.5 Å². The van der Waals surface area contributed by atoms with Crippen molar-refractivity contribution in [2.45, 2.75) is 50.6 Å². The summed E-state index contributed by atoms with van der Waals surface area (Å²) in [5.74, 6) is -0.736. The number of rotatable bonds is 14. The Labute approximate surface area is 224 Å². The van der Waals surface area contributed by atoms with Crippen LogP contribution in [0.3, 0.4) is 0 Å². The number of sulfonamides is 1.